The molecule has 4 nitrogen and oxygen atoms in total. The largest absolute Gasteiger partial charge is 0.383 e. The van der Waals surface area contributed by atoms with Crippen molar-refractivity contribution in [1.82, 2.24) is 5.32 Å². The Balaban J connectivity index is 2.46. The lowest BCUT2D eigenvalue weighted by molar-refractivity contribution is 0.829. The fourth-order valence-electron chi connectivity index (χ4n) is 2.05. The Kier molecular flexibility index (Phi) is 4.11. The maximum Gasteiger partial charge on any atom is 0.183 e. The van der Waals surface area contributed by atoms with E-state index in [9.17, 15) is 0 Å². The van der Waals surface area contributed by atoms with E-state index >= 15 is 0 Å². The predicted molar refractivity (Wildman–Crippen MR) is 77.3 cm³/mol. The Hall–Kier alpha value is -1.67. The Morgan fingerprint density at radius 2 is 2.39 bits per heavy atom. The van der Waals surface area contributed by atoms with Crippen molar-refractivity contribution < 1.29 is 0 Å². The van der Waals surface area contributed by atoms with Crippen LogP contribution in [0.15, 0.2) is 17.1 Å². The zero-order valence-electron chi connectivity index (χ0n) is 10.6. The summed E-state index contributed by atoms with van der Waals surface area (Å²) in [7, 11) is 0. The highest BCUT2D eigenvalue weighted by molar-refractivity contribution is 8.13. The fourth-order valence-corrected chi connectivity index (χ4v) is 2.38. The minimum absolute atomic E-state index is 0.626. The van der Waals surface area contributed by atoms with Gasteiger partial charge < -0.3 is 5.32 Å². The van der Waals surface area contributed by atoms with Crippen molar-refractivity contribution in [2.45, 2.75) is 19.8 Å². The summed E-state index contributed by atoms with van der Waals surface area (Å²) in [6.07, 6.45) is 6.07. The zero-order valence-corrected chi connectivity index (χ0v) is 11.4. The first-order valence-corrected chi connectivity index (χ1v) is 7.13. The van der Waals surface area contributed by atoms with Crippen molar-refractivity contribution in [3.05, 3.63) is 23.3 Å². The van der Waals surface area contributed by atoms with Gasteiger partial charge in [0.1, 0.15) is 0 Å². The Labute approximate surface area is 111 Å². The highest BCUT2D eigenvalue weighted by Crippen LogP contribution is 2.35. The first kappa shape index (κ1) is 12.8. The standard InChI is InChI=1S/C13H16N4S/c1-9-5-6-10-4-3-7-15-12(10)11(9)17-13(18-2)16-8-14/h5-6,15H,3-4,7H2,1-2H3,(H,16,17). The molecule has 0 bridgehead atoms. The highest BCUT2D eigenvalue weighted by Gasteiger charge is 2.14. The number of hydrogen-bond acceptors (Lipinski definition) is 4. The van der Waals surface area contributed by atoms with Gasteiger partial charge in [0.15, 0.2) is 11.4 Å². The molecule has 1 aliphatic rings. The van der Waals surface area contributed by atoms with Gasteiger partial charge in [-0.05, 0) is 37.1 Å². The average molecular weight is 260 g/mol. The molecule has 0 amide bonds. The second-order valence-corrected chi connectivity index (χ2v) is 4.95. The Morgan fingerprint density at radius 1 is 1.56 bits per heavy atom. The van der Waals surface area contributed by atoms with Gasteiger partial charge in [-0.15, -0.1) is 0 Å². The van der Waals surface area contributed by atoms with Crippen LogP contribution in [0.1, 0.15) is 17.5 Å². The molecule has 2 rings (SSSR count). The van der Waals surface area contributed by atoms with E-state index < -0.39 is 0 Å². The Morgan fingerprint density at radius 3 is 3.11 bits per heavy atom. The van der Waals surface area contributed by atoms with Crippen LogP contribution in [0, 0.1) is 18.4 Å². The number of fused-ring (bicyclic) bond motifs is 1. The van der Waals surface area contributed by atoms with Crippen LogP contribution >= 0.6 is 11.8 Å². The van der Waals surface area contributed by atoms with Crippen molar-refractivity contribution in [3.63, 3.8) is 0 Å². The molecule has 0 radical (unpaired) electrons. The number of hydrogen-bond donors (Lipinski definition) is 2. The highest BCUT2D eigenvalue weighted by atomic mass is 32.2. The van der Waals surface area contributed by atoms with Gasteiger partial charge in [-0.2, -0.15) is 5.26 Å². The maximum absolute atomic E-state index is 8.68. The minimum atomic E-state index is 0.626. The van der Waals surface area contributed by atoms with Gasteiger partial charge in [-0.25, -0.2) is 4.99 Å². The van der Waals surface area contributed by atoms with Crippen molar-refractivity contribution in [2.24, 2.45) is 4.99 Å². The van der Waals surface area contributed by atoms with Gasteiger partial charge in [0, 0.05) is 6.54 Å². The lowest BCUT2D eigenvalue weighted by atomic mass is 10.00. The molecular weight excluding hydrogens is 244 g/mol. The summed E-state index contributed by atoms with van der Waals surface area (Å²) in [4.78, 5) is 4.56. The third kappa shape index (κ3) is 2.59. The molecule has 0 atom stereocenters. The van der Waals surface area contributed by atoms with Gasteiger partial charge >= 0.3 is 0 Å². The lowest BCUT2D eigenvalue weighted by Gasteiger charge is -2.21. The second-order valence-electron chi connectivity index (χ2n) is 4.15. The number of nitrogens with zero attached hydrogens (tertiary/aromatic N) is 2. The molecule has 0 saturated heterocycles. The number of nitrogens with one attached hydrogen (secondary N) is 2. The molecular formula is C13H16N4S. The number of anilines is 1. The molecule has 5 heteroatoms. The first-order valence-electron chi connectivity index (χ1n) is 5.90. The second kappa shape index (κ2) is 5.78. The molecule has 18 heavy (non-hydrogen) atoms. The van der Waals surface area contributed by atoms with Crippen molar-refractivity contribution in [2.75, 3.05) is 18.1 Å². The topological polar surface area (TPSA) is 60.2 Å². The van der Waals surface area contributed by atoms with E-state index in [2.05, 4.69) is 27.8 Å². The van der Waals surface area contributed by atoms with Crippen LogP contribution in [-0.4, -0.2) is 18.0 Å². The molecule has 1 aromatic carbocycles. The van der Waals surface area contributed by atoms with Crippen molar-refractivity contribution >= 4 is 28.3 Å². The summed E-state index contributed by atoms with van der Waals surface area (Å²) in [5, 5.41) is 15.3. The monoisotopic (exact) mass is 260 g/mol. The van der Waals surface area contributed by atoms with Crippen LogP contribution in [0.5, 0.6) is 0 Å². The van der Waals surface area contributed by atoms with Crippen LogP contribution in [0.2, 0.25) is 0 Å². The third-order valence-corrected chi connectivity index (χ3v) is 3.54. The predicted octanol–water partition coefficient (Wildman–Crippen LogP) is 2.77. The van der Waals surface area contributed by atoms with Crippen LogP contribution in [0.25, 0.3) is 0 Å². The molecule has 0 spiro atoms. The number of thioether (sulfide) groups is 1. The molecule has 0 fully saturated rings. The summed E-state index contributed by atoms with van der Waals surface area (Å²) in [5.74, 6) is 0. The molecule has 1 aliphatic heterocycles. The quantitative estimate of drug-likeness (QED) is 0.353. The van der Waals surface area contributed by atoms with Crippen molar-refractivity contribution in [1.29, 1.82) is 5.26 Å². The summed E-state index contributed by atoms with van der Waals surface area (Å²) in [6.45, 7) is 3.03. The molecule has 2 N–H and O–H groups in total. The summed E-state index contributed by atoms with van der Waals surface area (Å²) >= 11 is 1.44. The van der Waals surface area contributed by atoms with Crippen LogP contribution in [0.3, 0.4) is 0 Å². The number of aryl methyl sites for hydroxylation is 2. The number of aliphatic imine (C=N–C) groups is 1. The van der Waals surface area contributed by atoms with E-state index in [1.54, 1.807) is 0 Å². The minimum Gasteiger partial charge on any atom is -0.383 e. The molecule has 0 aromatic heterocycles. The van der Waals surface area contributed by atoms with E-state index in [0.717, 1.165) is 36.3 Å². The first-order chi connectivity index (χ1) is 8.76. The lowest BCUT2D eigenvalue weighted by Crippen LogP contribution is -2.15. The van der Waals surface area contributed by atoms with E-state index in [0.29, 0.717) is 5.17 Å². The average Bonchev–Trinajstić information content (AvgIpc) is 2.41. The summed E-state index contributed by atoms with van der Waals surface area (Å²) < 4.78 is 0. The van der Waals surface area contributed by atoms with Gasteiger partial charge in [-0.3, -0.25) is 5.32 Å². The van der Waals surface area contributed by atoms with Crippen molar-refractivity contribution in [3.8, 4) is 6.19 Å². The summed E-state index contributed by atoms with van der Waals surface area (Å²) in [5.41, 5.74) is 4.49. The third-order valence-electron chi connectivity index (χ3n) is 2.96. The van der Waals surface area contributed by atoms with Gasteiger partial charge in [0.25, 0.3) is 0 Å². The number of rotatable bonds is 1. The van der Waals surface area contributed by atoms with E-state index in [1.165, 1.54) is 17.3 Å². The van der Waals surface area contributed by atoms with Gasteiger partial charge in [0.2, 0.25) is 0 Å². The molecule has 0 unspecified atom stereocenters. The molecule has 0 saturated carbocycles. The van der Waals surface area contributed by atoms with E-state index in [4.69, 9.17) is 5.26 Å². The molecule has 0 aliphatic carbocycles. The normalized spacial score (nSPS) is 14.4. The van der Waals surface area contributed by atoms with Crippen LogP contribution < -0.4 is 10.6 Å². The van der Waals surface area contributed by atoms with Gasteiger partial charge in [-0.1, -0.05) is 23.9 Å². The SMILES string of the molecule is CSC(=Nc1c(C)ccc2c1NCCC2)NC#N. The number of benzene rings is 1. The molecule has 94 valence electrons. The zero-order chi connectivity index (χ0) is 13.0. The Bertz CT molecular complexity index is 516. The number of amidine groups is 1. The van der Waals surface area contributed by atoms with E-state index in [1.807, 2.05) is 19.4 Å². The molecule has 1 aromatic rings. The van der Waals surface area contributed by atoms with E-state index in [-0.39, 0.29) is 0 Å². The maximum atomic E-state index is 8.68. The number of nitriles is 1. The van der Waals surface area contributed by atoms with Crippen LogP contribution in [0.4, 0.5) is 11.4 Å². The van der Waals surface area contributed by atoms with Crippen LogP contribution in [-0.2, 0) is 6.42 Å². The smallest absolute Gasteiger partial charge is 0.183 e. The fraction of sp³-hybridized carbons (Fsp3) is 0.385. The molecule has 1 heterocycles. The summed E-state index contributed by atoms with van der Waals surface area (Å²) in [6, 6.07) is 4.25. The van der Waals surface area contributed by atoms with Gasteiger partial charge in [0.05, 0.1) is 11.4 Å².